The maximum absolute atomic E-state index is 6.09. The number of hydrogen-bond acceptors (Lipinski definition) is 2. The van der Waals surface area contributed by atoms with Crippen LogP contribution >= 0.6 is 35.1 Å². The quantitative estimate of drug-likeness (QED) is 0.631. The van der Waals surface area contributed by atoms with Crippen LogP contribution < -0.4 is 15.9 Å². The molecule has 2 nitrogen and oxygen atoms in total. The second-order valence-corrected chi connectivity index (χ2v) is 8.19. The van der Waals surface area contributed by atoms with Crippen molar-refractivity contribution in [2.24, 2.45) is 6.66 Å². The highest BCUT2D eigenvalue weighted by molar-refractivity contribution is 7.47. The molecule has 20 heavy (non-hydrogen) atoms. The van der Waals surface area contributed by atoms with E-state index < -0.39 is 8.01 Å². The molecule has 0 aliphatic carbocycles. The van der Waals surface area contributed by atoms with E-state index in [2.05, 4.69) is 43.3 Å². The van der Waals surface area contributed by atoms with Gasteiger partial charge in [0.1, 0.15) is 11.2 Å². The minimum atomic E-state index is -0.942. The second-order valence-electron chi connectivity index (χ2n) is 4.57. The van der Waals surface area contributed by atoms with Gasteiger partial charge >= 0.3 is 0 Å². The van der Waals surface area contributed by atoms with E-state index in [0.29, 0.717) is 8.58 Å². The minimum absolute atomic E-state index is 0.698. The monoisotopic (exact) mass is 340 g/mol. The van der Waals surface area contributed by atoms with Crippen LogP contribution in [0, 0.1) is 0 Å². The third-order valence-electron chi connectivity index (χ3n) is 3.12. The van der Waals surface area contributed by atoms with Crippen molar-refractivity contribution in [3.8, 4) is 0 Å². The largest absolute Gasteiger partial charge is 0.419 e. The standard InChI is InChI=1S/C14H16O2P4/c1-19-13-7-9(18)6-11-10-5-8(17)3-4-12(10)15-20(2)16-14(11)13/h3-7,19H,17-18H2,1-2H3. The summed E-state index contributed by atoms with van der Waals surface area (Å²) in [7, 11) is 5.29. The summed E-state index contributed by atoms with van der Waals surface area (Å²) < 4.78 is 12.1. The van der Waals surface area contributed by atoms with Crippen LogP contribution in [0.2, 0.25) is 0 Å². The Morgan fingerprint density at radius 2 is 1.75 bits per heavy atom. The molecule has 3 rings (SSSR count). The molecule has 0 fully saturated rings. The fraction of sp³-hybridized carbons (Fsp3) is 0.143. The molecule has 0 spiro atoms. The Hall–Kier alpha value is -0.370. The van der Waals surface area contributed by atoms with Crippen LogP contribution in [0.3, 0.4) is 0 Å². The highest BCUT2D eigenvalue weighted by Gasteiger charge is 2.09. The molecule has 0 amide bonds. The van der Waals surface area contributed by atoms with Gasteiger partial charge in [0.05, 0.1) is 0 Å². The van der Waals surface area contributed by atoms with Gasteiger partial charge in [-0.3, -0.25) is 0 Å². The Bertz CT molecular complexity index is 840. The molecule has 4 unspecified atom stereocenters. The Morgan fingerprint density at radius 1 is 1.00 bits per heavy atom. The van der Waals surface area contributed by atoms with Crippen LogP contribution in [0.5, 0.6) is 0 Å². The van der Waals surface area contributed by atoms with Crippen LogP contribution in [0.1, 0.15) is 0 Å². The zero-order chi connectivity index (χ0) is 14.3. The van der Waals surface area contributed by atoms with Gasteiger partial charge in [-0.25, -0.2) is 0 Å². The highest BCUT2D eigenvalue weighted by atomic mass is 31.1. The predicted molar refractivity (Wildman–Crippen MR) is 99.9 cm³/mol. The molecule has 0 N–H and O–H groups in total. The third-order valence-corrected chi connectivity index (χ3v) is 5.62. The smallest absolute Gasteiger partial charge is 0.213 e. The summed E-state index contributed by atoms with van der Waals surface area (Å²) in [6.45, 7) is 4.18. The summed E-state index contributed by atoms with van der Waals surface area (Å²) in [6, 6.07) is 10.6. The topological polar surface area (TPSA) is 26.3 Å². The summed E-state index contributed by atoms with van der Waals surface area (Å²) in [5.74, 6) is 0. The highest BCUT2D eigenvalue weighted by Crippen LogP contribution is 2.33. The van der Waals surface area contributed by atoms with Crippen molar-refractivity contribution in [3.63, 3.8) is 0 Å². The van der Waals surface area contributed by atoms with Gasteiger partial charge in [-0.1, -0.05) is 14.6 Å². The molecule has 6 heteroatoms. The molecule has 3 aromatic rings. The first kappa shape index (κ1) is 14.6. The maximum atomic E-state index is 6.09. The maximum Gasteiger partial charge on any atom is 0.213 e. The molecule has 0 aliphatic rings. The fourth-order valence-corrected chi connectivity index (χ4v) is 4.76. The van der Waals surface area contributed by atoms with Gasteiger partial charge in [0.2, 0.25) is 8.01 Å². The molecule has 1 heterocycles. The first-order chi connectivity index (χ1) is 9.58. The molecular weight excluding hydrogens is 324 g/mol. The Kier molecular flexibility index (Phi) is 4.21. The van der Waals surface area contributed by atoms with E-state index in [1.165, 1.54) is 10.6 Å². The van der Waals surface area contributed by atoms with E-state index >= 15 is 0 Å². The Balaban J connectivity index is 2.63. The number of aryl methyl sites for hydroxylation is 1. The predicted octanol–water partition coefficient (Wildman–Crippen LogP) is 3.76. The lowest BCUT2D eigenvalue weighted by atomic mass is 10.1. The van der Waals surface area contributed by atoms with E-state index in [4.69, 9.17) is 8.39 Å². The molecule has 1 aromatic heterocycles. The van der Waals surface area contributed by atoms with E-state index in [0.717, 1.165) is 27.2 Å². The SMILES string of the molecule is CPc1cc(P)cc2c1op(C)oc1ccc(P)cc12. The number of rotatable bonds is 1. The lowest BCUT2D eigenvalue weighted by Crippen LogP contribution is -2.03. The number of benzene rings is 2. The Morgan fingerprint density at radius 3 is 2.50 bits per heavy atom. The average molecular weight is 340 g/mol. The van der Waals surface area contributed by atoms with E-state index in [1.54, 1.807) is 0 Å². The van der Waals surface area contributed by atoms with Crippen molar-refractivity contribution in [1.82, 2.24) is 0 Å². The summed E-state index contributed by atoms with van der Waals surface area (Å²) in [5, 5.41) is 5.83. The van der Waals surface area contributed by atoms with Crippen LogP contribution in [0.4, 0.5) is 0 Å². The van der Waals surface area contributed by atoms with Gasteiger partial charge in [0.15, 0.2) is 0 Å². The average Bonchev–Trinajstić information content (AvgIpc) is 2.54. The first-order valence-electron chi connectivity index (χ1n) is 6.19. The molecule has 0 saturated heterocycles. The summed E-state index contributed by atoms with van der Waals surface area (Å²) in [4.78, 5) is 0. The zero-order valence-corrected chi connectivity index (χ0v) is 15.5. The van der Waals surface area contributed by atoms with Crippen molar-refractivity contribution < 1.29 is 8.39 Å². The first-order valence-corrected chi connectivity index (χ1v) is 10.5. The fourth-order valence-electron chi connectivity index (χ4n) is 2.26. The Labute approximate surface area is 125 Å². The van der Waals surface area contributed by atoms with Crippen LogP contribution in [-0.2, 0) is 6.66 Å². The molecule has 104 valence electrons. The van der Waals surface area contributed by atoms with Crippen LogP contribution in [0.15, 0.2) is 38.7 Å². The molecule has 4 atom stereocenters. The molecule has 0 bridgehead atoms. The van der Waals surface area contributed by atoms with E-state index in [1.807, 2.05) is 18.8 Å². The minimum Gasteiger partial charge on any atom is -0.419 e. The van der Waals surface area contributed by atoms with Crippen LogP contribution in [-0.4, -0.2) is 6.66 Å². The number of fused-ring (bicyclic) bond motifs is 3. The number of hydrogen-bond donors (Lipinski definition) is 0. The van der Waals surface area contributed by atoms with E-state index in [-0.39, 0.29) is 0 Å². The summed E-state index contributed by atoms with van der Waals surface area (Å²) >= 11 is 0. The lowest BCUT2D eigenvalue weighted by Gasteiger charge is -2.04. The van der Waals surface area contributed by atoms with Gasteiger partial charge in [-0.05, 0) is 41.5 Å². The van der Waals surface area contributed by atoms with Gasteiger partial charge in [-0.15, -0.1) is 18.5 Å². The third kappa shape index (κ3) is 2.68. The van der Waals surface area contributed by atoms with Crippen molar-refractivity contribution in [2.75, 3.05) is 6.66 Å². The summed E-state index contributed by atoms with van der Waals surface area (Å²) in [6.07, 6.45) is 0. The normalized spacial score (nSPS) is 12.7. The van der Waals surface area contributed by atoms with Crippen molar-refractivity contribution in [2.45, 2.75) is 0 Å². The molecule has 2 aromatic carbocycles. The van der Waals surface area contributed by atoms with Gasteiger partial charge in [0, 0.05) is 22.7 Å². The van der Waals surface area contributed by atoms with Gasteiger partial charge < -0.3 is 8.39 Å². The lowest BCUT2D eigenvalue weighted by molar-refractivity contribution is 0.645. The molecule has 0 saturated carbocycles. The zero-order valence-electron chi connectivity index (χ0n) is 11.3. The van der Waals surface area contributed by atoms with Crippen molar-refractivity contribution in [1.29, 1.82) is 0 Å². The van der Waals surface area contributed by atoms with Gasteiger partial charge in [-0.2, -0.15) is 0 Å². The molecular formula is C14H16O2P4. The molecule has 0 aliphatic heterocycles. The van der Waals surface area contributed by atoms with Crippen molar-refractivity contribution >= 4 is 72.9 Å². The second kappa shape index (κ2) is 5.79. The van der Waals surface area contributed by atoms with E-state index in [9.17, 15) is 0 Å². The van der Waals surface area contributed by atoms with Gasteiger partial charge in [0.25, 0.3) is 0 Å². The molecule has 0 radical (unpaired) electrons. The summed E-state index contributed by atoms with van der Waals surface area (Å²) in [5.41, 5.74) is 1.89. The van der Waals surface area contributed by atoms with Crippen molar-refractivity contribution in [3.05, 3.63) is 30.3 Å². The van der Waals surface area contributed by atoms with Crippen LogP contribution in [0.25, 0.3) is 21.9 Å².